The summed E-state index contributed by atoms with van der Waals surface area (Å²) in [6.07, 6.45) is 3.52. The van der Waals surface area contributed by atoms with Gasteiger partial charge in [0.2, 0.25) is 11.0 Å². The topological polar surface area (TPSA) is 49.3 Å². The maximum Gasteiger partial charge on any atom is 0.226 e. The predicted molar refractivity (Wildman–Crippen MR) is 124 cm³/mol. The first-order valence-electron chi connectivity index (χ1n) is 11.1. The van der Waals surface area contributed by atoms with E-state index in [0.29, 0.717) is 5.91 Å². The van der Waals surface area contributed by atoms with E-state index >= 15 is 0 Å². The third-order valence-electron chi connectivity index (χ3n) is 6.50. The summed E-state index contributed by atoms with van der Waals surface area (Å²) < 4.78 is 4.57. The van der Waals surface area contributed by atoms with Crippen LogP contribution in [0.5, 0.6) is 0 Å². The minimum atomic E-state index is 0.126. The molecule has 0 aliphatic carbocycles. The summed E-state index contributed by atoms with van der Waals surface area (Å²) in [5.74, 6) is 1.34. The third-order valence-corrected chi connectivity index (χ3v) is 7.31. The number of rotatable bonds is 4. The van der Waals surface area contributed by atoms with Crippen molar-refractivity contribution in [2.45, 2.75) is 39.2 Å². The van der Waals surface area contributed by atoms with Crippen LogP contribution in [0.25, 0.3) is 0 Å². The van der Waals surface area contributed by atoms with Crippen LogP contribution >= 0.6 is 11.5 Å². The van der Waals surface area contributed by atoms with Gasteiger partial charge in [-0.05, 0) is 42.9 Å². The van der Waals surface area contributed by atoms with Crippen molar-refractivity contribution in [2.75, 3.05) is 24.5 Å². The highest BCUT2D eigenvalue weighted by molar-refractivity contribution is 7.09. The smallest absolute Gasteiger partial charge is 0.226 e. The van der Waals surface area contributed by atoms with E-state index in [9.17, 15) is 4.79 Å². The SMILES string of the molecule is Cc1ccc(Cc2nsc(N3CCC(C(=O)N4CCc5ccccc5C4)CC3)n2)cc1. The molecule has 1 saturated heterocycles. The first kappa shape index (κ1) is 20.2. The molecule has 2 aliphatic rings. The van der Waals surface area contributed by atoms with E-state index in [-0.39, 0.29) is 5.92 Å². The van der Waals surface area contributed by atoms with E-state index in [2.05, 4.69) is 69.6 Å². The van der Waals surface area contributed by atoms with Crippen molar-refractivity contribution in [2.24, 2.45) is 5.92 Å². The number of anilines is 1. The zero-order valence-corrected chi connectivity index (χ0v) is 18.8. The predicted octanol–water partition coefficient (Wildman–Crippen LogP) is 4.24. The van der Waals surface area contributed by atoms with Crippen molar-refractivity contribution in [1.82, 2.24) is 14.3 Å². The van der Waals surface area contributed by atoms with E-state index in [4.69, 9.17) is 4.98 Å². The molecule has 2 aliphatic heterocycles. The Bertz CT molecular complexity index is 1050. The van der Waals surface area contributed by atoms with E-state index in [1.165, 1.54) is 33.8 Å². The molecule has 2 aromatic carbocycles. The highest BCUT2D eigenvalue weighted by atomic mass is 32.1. The summed E-state index contributed by atoms with van der Waals surface area (Å²) in [5.41, 5.74) is 5.19. The number of aryl methyl sites for hydroxylation is 1. The zero-order valence-electron chi connectivity index (χ0n) is 18.0. The zero-order chi connectivity index (χ0) is 21.2. The fraction of sp³-hybridized carbons (Fsp3) is 0.400. The average Bonchev–Trinajstić information content (AvgIpc) is 3.28. The molecular formula is C25H28N4OS. The number of aromatic nitrogens is 2. The molecule has 1 fully saturated rings. The molecule has 3 aromatic rings. The molecule has 5 nitrogen and oxygen atoms in total. The lowest BCUT2D eigenvalue weighted by Crippen LogP contribution is -2.44. The normalized spacial score (nSPS) is 16.9. The van der Waals surface area contributed by atoms with E-state index < -0.39 is 0 Å². The number of piperidine rings is 1. The standard InChI is InChI=1S/C25H28N4OS/c1-18-6-8-19(9-7-18)16-23-26-25(31-27-23)28-13-11-21(12-14-28)24(30)29-15-10-20-4-2-3-5-22(20)17-29/h2-9,21H,10-17H2,1H3. The van der Waals surface area contributed by atoms with Crippen LogP contribution in [-0.2, 0) is 24.2 Å². The van der Waals surface area contributed by atoms with Gasteiger partial charge in [0.05, 0.1) is 0 Å². The van der Waals surface area contributed by atoms with Crippen LogP contribution in [0, 0.1) is 12.8 Å². The minimum absolute atomic E-state index is 0.126. The van der Waals surface area contributed by atoms with Crippen molar-refractivity contribution in [1.29, 1.82) is 0 Å². The Morgan fingerprint density at radius 2 is 1.77 bits per heavy atom. The molecule has 0 unspecified atom stereocenters. The van der Waals surface area contributed by atoms with Gasteiger partial charge < -0.3 is 9.80 Å². The molecule has 0 saturated carbocycles. The van der Waals surface area contributed by atoms with Crippen molar-refractivity contribution < 1.29 is 4.79 Å². The van der Waals surface area contributed by atoms with Crippen LogP contribution < -0.4 is 4.90 Å². The number of fused-ring (bicyclic) bond motifs is 1. The van der Waals surface area contributed by atoms with Crippen LogP contribution in [0.3, 0.4) is 0 Å². The Morgan fingerprint density at radius 1 is 1.03 bits per heavy atom. The highest BCUT2D eigenvalue weighted by Crippen LogP contribution is 2.28. The van der Waals surface area contributed by atoms with E-state index in [1.807, 2.05) is 0 Å². The van der Waals surface area contributed by atoms with Crippen LogP contribution in [0.4, 0.5) is 5.13 Å². The molecule has 0 bridgehead atoms. The van der Waals surface area contributed by atoms with E-state index in [0.717, 1.165) is 62.8 Å². The van der Waals surface area contributed by atoms with Gasteiger partial charge in [-0.15, -0.1) is 0 Å². The molecule has 1 amide bonds. The number of amides is 1. The maximum atomic E-state index is 13.1. The Morgan fingerprint density at radius 3 is 2.55 bits per heavy atom. The number of carbonyl (C=O) groups excluding carboxylic acids is 1. The number of carbonyl (C=O) groups is 1. The Hall–Kier alpha value is -2.73. The lowest BCUT2D eigenvalue weighted by atomic mass is 9.93. The first-order valence-corrected chi connectivity index (χ1v) is 11.9. The number of benzene rings is 2. The van der Waals surface area contributed by atoms with Gasteiger partial charge in [-0.1, -0.05) is 54.1 Å². The molecule has 1 aromatic heterocycles. The number of hydrogen-bond donors (Lipinski definition) is 0. The Labute approximate surface area is 187 Å². The lowest BCUT2D eigenvalue weighted by Gasteiger charge is -2.36. The van der Waals surface area contributed by atoms with Crippen LogP contribution in [0.1, 0.15) is 40.9 Å². The van der Waals surface area contributed by atoms with Crippen molar-refractivity contribution >= 4 is 22.6 Å². The van der Waals surface area contributed by atoms with Gasteiger partial charge in [0.1, 0.15) is 5.82 Å². The quantitative estimate of drug-likeness (QED) is 0.619. The third kappa shape index (κ3) is 4.49. The average molecular weight is 433 g/mol. The second-order valence-electron chi connectivity index (χ2n) is 8.70. The maximum absolute atomic E-state index is 13.1. The van der Waals surface area contributed by atoms with Gasteiger partial charge >= 0.3 is 0 Å². The summed E-state index contributed by atoms with van der Waals surface area (Å²) in [6, 6.07) is 17.0. The molecule has 0 radical (unpaired) electrons. The summed E-state index contributed by atoms with van der Waals surface area (Å²) in [6.45, 7) is 5.45. The summed E-state index contributed by atoms with van der Waals surface area (Å²) in [7, 11) is 0. The van der Waals surface area contributed by atoms with Gasteiger partial charge in [-0.2, -0.15) is 4.37 Å². The van der Waals surface area contributed by atoms with Crippen LogP contribution in [0.2, 0.25) is 0 Å². The van der Waals surface area contributed by atoms with Gasteiger partial charge in [-0.3, -0.25) is 4.79 Å². The molecule has 31 heavy (non-hydrogen) atoms. The summed E-state index contributed by atoms with van der Waals surface area (Å²) in [5, 5.41) is 0.986. The second-order valence-corrected chi connectivity index (χ2v) is 9.43. The van der Waals surface area contributed by atoms with Crippen LogP contribution in [-0.4, -0.2) is 39.8 Å². The summed E-state index contributed by atoms with van der Waals surface area (Å²) in [4.78, 5) is 22.3. The lowest BCUT2D eigenvalue weighted by molar-refractivity contribution is -0.137. The molecule has 3 heterocycles. The first-order chi connectivity index (χ1) is 15.2. The van der Waals surface area contributed by atoms with Gasteiger partial charge in [0, 0.05) is 50.1 Å². The monoisotopic (exact) mass is 432 g/mol. The van der Waals surface area contributed by atoms with Gasteiger partial charge in [0.15, 0.2) is 0 Å². The van der Waals surface area contributed by atoms with E-state index in [1.54, 1.807) is 0 Å². The highest BCUT2D eigenvalue weighted by Gasteiger charge is 2.31. The van der Waals surface area contributed by atoms with Gasteiger partial charge in [-0.25, -0.2) is 4.98 Å². The Kier molecular flexibility index (Phi) is 5.72. The van der Waals surface area contributed by atoms with Crippen LogP contribution in [0.15, 0.2) is 48.5 Å². The second kappa shape index (κ2) is 8.79. The van der Waals surface area contributed by atoms with Crippen molar-refractivity contribution in [3.05, 3.63) is 76.6 Å². The number of hydrogen-bond acceptors (Lipinski definition) is 5. The van der Waals surface area contributed by atoms with Crippen molar-refractivity contribution in [3.8, 4) is 0 Å². The Balaban J connectivity index is 1.16. The molecule has 0 spiro atoms. The molecule has 160 valence electrons. The molecule has 0 N–H and O–H groups in total. The fourth-order valence-corrected chi connectivity index (χ4v) is 5.33. The molecule has 6 heteroatoms. The fourth-order valence-electron chi connectivity index (χ4n) is 4.59. The minimum Gasteiger partial charge on any atom is -0.347 e. The number of nitrogens with zero attached hydrogens (tertiary/aromatic N) is 4. The molecule has 5 rings (SSSR count). The van der Waals surface area contributed by atoms with Crippen molar-refractivity contribution in [3.63, 3.8) is 0 Å². The molecule has 0 atom stereocenters. The largest absolute Gasteiger partial charge is 0.347 e. The molecular weight excluding hydrogens is 404 g/mol. The van der Waals surface area contributed by atoms with Gasteiger partial charge in [0.25, 0.3) is 0 Å². The summed E-state index contributed by atoms with van der Waals surface area (Å²) >= 11 is 1.48.